The van der Waals surface area contributed by atoms with E-state index < -0.39 is 0 Å². The van der Waals surface area contributed by atoms with Crippen LogP contribution in [0.4, 0.5) is 0 Å². The third-order valence-corrected chi connectivity index (χ3v) is 8.20. The van der Waals surface area contributed by atoms with Crippen LogP contribution in [0.3, 0.4) is 0 Å². The Labute approximate surface area is 201 Å². The van der Waals surface area contributed by atoms with E-state index in [0.717, 1.165) is 24.2 Å². The van der Waals surface area contributed by atoms with Gasteiger partial charge in [-0.25, -0.2) is 0 Å². The topological polar surface area (TPSA) is 72.5 Å². The molecule has 4 nitrogen and oxygen atoms in total. The van der Waals surface area contributed by atoms with Gasteiger partial charge in [-0.1, -0.05) is 65.5 Å². The summed E-state index contributed by atoms with van der Waals surface area (Å²) in [5.41, 5.74) is 9.98. The van der Waals surface area contributed by atoms with Crippen molar-refractivity contribution in [3.63, 3.8) is 0 Å². The Bertz CT molecular complexity index is 883. The molecule has 0 aromatic heterocycles. The van der Waals surface area contributed by atoms with Crippen LogP contribution < -0.4 is 10.5 Å². The molecule has 3 N–H and O–H groups in total. The second kappa shape index (κ2) is 10.2. The number of aliphatic hydroxyl groups is 1. The van der Waals surface area contributed by atoms with E-state index in [9.17, 15) is 9.90 Å². The van der Waals surface area contributed by atoms with E-state index >= 15 is 0 Å². The summed E-state index contributed by atoms with van der Waals surface area (Å²) in [6.45, 7) is 13.6. The molecule has 1 aromatic rings. The van der Waals surface area contributed by atoms with E-state index in [1.807, 2.05) is 6.08 Å². The van der Waals surface area contributed by atoms with E-state index in [-0.39, 0.29) is 35.4 Å². The lowest BCUT2D eigenvalue weighted by Crippen LogP contribution is -2.46. The SMILES string of the molecule is CCCCCCC(C)(C)c1cc2c(c([C@H](C)CCO)c1)C1CC(C(N)=O)=CCC1C(C)(C)O2. The predicted octanol–water partition coefficient (Wildman–Crippen LogP) is 6.50. The minimum atomic E-state index is -0.321. The Hall–Kier alpha value is -1.81. The standard InChI is InChI=1S/C29H45NO3/c1-7-8-9-10-14-28(3,4)21-17-22(19(2)13-15-31)26-23-16-20(27(30)32)11-12-24(23)29(5,6)33-25(26)18-21/h11,17-19,23-24,31H,7-10,12-16H2,1-6H3,(H2,30,32)/t19-,23?,24?/m1/s1. The third kappa shape index (κ3) is 5.48. The Balaban J connectivity index is 2.09. The van der Waals surface area contributed by atoms with Crippen LogP contribution >= 0.6 is 0 Å². The first-order valence-electron chi connectivity index (χ1n) is 13.0. The van der Waals surface area contributed by atoms with E-state index in [0.29, 0.717) is 18.8 Å². The van der Waals surface area contributed by atoms with Crippen LogP contribution in [-0.4, -0.2) is 23.2 Å². The van der Waals surface area contributed by atoms with Gasteiger partial charge >= 0.3 is 0 Å². The summed E-state index contributed by atoms with van der Waals surface area (Å²) in [6.07, 6.45) is 10.4. The van der Waals surface area contributed by atoms with Gasteiger partial charge in [0.1, 0.15) is 11.4 Å². The molecule has 0 fully saturated rings. The molecule has 0 bridgehead atoms. The lowest BCUT2D eigenvalue weighted by molar-refractivity contribution is -0.115. The largest absolute Gasteiger partial charge is 0.487 e. The van der Waals surface area contributed by atoms with Crippen LogP contribution in [-0.2, 0) is 10.2 Å². The molecular formula is C29H45NO3. The number of fused-ring (bicyclic) bond motifs is 3. The van der Waals surface area contributed by atoms with Crippen LogP contribution in [0.1, 0.15) is 121 Å². The maximum Gasteiger partial charge on any atom is 0.244 e. The van der Waals surface area contributed by atoms with E-state index in [4.69, 9.17) is 10.5 Å². The molecule has 1 aromatic carbocycles. The summed E-state index contributed by atoms with van der Waals surface area (Å²) in [6, 6.07) is 4.64. The number of unbranched alkanes of at least 4 members (excludes halogenated alkanes) is 3. The molecule has 0 radical (unpaired) electrons. The highest BCUT2D eigenvalue weighted by Crippen LogP contribution is 2.54. The molecule has 3 atom stereocenters. The zero-order chi connectivity index (χ0) is 24.4. The number of carbonyl (C=O) groups excluding carboxylic acids is 1. The Morgan fingerprint density at radius 1 is 1.27 bits per heavy atom. The van der Waals surface area contributed by atoms with Crippen molar-refractivity contribution >= 4 is 5.91 Å². The second-order valence-corrected chi connectivity index (χ2v) is 11.5. The molecule has 0 spiro atoms. The van der Waals surface area contributed by atoms with Gasteiger partial charge in [0.2, 0.25) is 5.91 Å². The van der Waals surface area contributed by atoms with Crippen molar-refractivity contribution in [3.8, 4) is 5.75 Å². The van der Waals surface area contributed by atoms with Crippen molar-refractivity contribution < 1.29 is 14.6 Å². The summed E-state index contributed by atoms with van der Waals surface area (Å²) in [5, 5.41) is 9.73. The number of aliphatic hydroxyl groups excluding tert-OH is 1. The van der Waals surface area contributed by atoms with Crippen molar-refractivity contribution in [3.05, 3.63) is 40.5 Å². The number of hydrogen-bond donors (Lipinski definition) is 2. The van der Waals surface area contributed by atoms with Crippen LogP contribution in [0, 0.1) is 5.92 Å². The van der Waals surface area contributed by atoms with E-state index in [2.05, 4.69) is 53.7 Å². The molecule has 33 heavy (non-hydrogen) atoms. The van der Waals surface area contributed by atoms with E-state index in [1.54, 1.807) is 0 Å². The zero-order valence-electron chi connectivity index (χ0n) is 21.7. The van der Waals surface area contributed by atoms with E-state index in [1.165, 1.54) is 42.4 Å². The summed E-state index contributed by atoms with van der Waals surface area (Å²) in [7, 11) is 0. The summed E-state index contributed by atoms with van der Waals surface area (Å²) in [5.74, 6) is 1.36. The van der Waals surface area contributed by atoms with Gasteiger partial charge in [0.25, 0.3) is 0 Å². The summed E-state index contributed by atoms with van der Waals surface area (Å²) >= 11 is 0. The highest BCUT2D eigenvalue weighted by molar-refractivity contribution is 5.92. The number of amides is 1. The number of primary amides is 1. The van der Waals surface area contributed by atoms with Gasteiger partial charge in [0, 0.05) is 23.7 Å². The average Bonchev–Trinajstić information content (AvgIpc) is 2.75. The molecule has 2 unspecified atom stereocenters. The fourth-order valence-electron chi connectivity index (χ4n) is 5.94. The first-order valence-corrected chi connectivity index (χ1v) is 13.0. The molecule has 1 aliphatic heterocycles. The quantitative estimate of drug-likeness (QED) is 0.396. The molecule has 1 aliphatic carbocycles. The van der Waals surface area contributed by atoms with Gasteiger partial charge in [0.15, 0.2) is 0 Å². The first-order chi connectivity index (χ1) is 15.5. The zero-order valence-corrected chi connectivity index (χ0v) is 21.7. The maximum atomic E-state index is 12.0. The normalized spacial score (nSPS) is 22.6. The molecule has 1 heterocycles. The molecule has 0 saturated heterocycles. The molecule has 2 aliphatic rings. The maximum absolute atomic E-state index is 12.0. The molecule has 184 valence electrons. The fraction of sp³-hybridized carbons (Fsp3) is 0.690. The van der Waals surface area contributed by atoms with Gasteiger partial charge in [-0.2, -0.15) is 0 Å². The number of rotatable bonds is 10. The number of allylic oxidation sites excluding steroid dienone is 1. The smallest absolute Gasteiger partial charge is 0.244 e. The number of nitrogens with two attached hydrogens (primary N) is 1. The van der Waals surface area contributed by atoms with Crippen LogP contribution in [0.15, 0.2) is 23.8 Å². The second-order valence-electron chi connectivity index (χ2n) is 11.5. The molecule has 0 saturated carbocycles. The molecular weight excluding hydrogens is 410 g/mol. The summed E-state index contributed by atoms with van der Waals surface area (Å²) in [4.78, 5) is 12.0. The van der Waals surface area contributed by atoms with Crippen molar-refractivity contribution in [2.45, 2.75) is 116 Å². The van der Waals surface area contributed by atoms with Gasteiger partial charge in [-0.15, -0.1) is 0 Å². The Morgan fingerprint density at radius 3 is 2.64 bits per heavy atom. The van der Waals surface area contributed by atoms with Gasteiger partial charge in [-0.3, -0.25) is 4.79 Å². The number of hydrogen-bond acceptors (Lipinski definition) is 3. The fourth-order valence-corrected chi connectivity index (χ4v) is 5.94. The van der Waals surface area contributed by atoms with Crippen LogP contribution in [0.2, 0.25) is 0 Å². The van der Waals surface area contributed by atoms with Crippen molar-refractivity contribution in [2.75, 3.05) is 6.61 Å². The highest BCUT2D eigenvalue weighted by atomic mass is 16.5. The van der Waals surface area contributed by atoms with Gasteiger partial charge < -0.3 is 15.6 Å². The average molecular weight is 456 g/mol. The Morgan fingerprint density at radius 2 is 2.00 bits per heavy atom. The predicted molar refractivity (Wildman–Crippen MR) is 136 cm³/mol. The number of ether oxygens (including phenoxy) is 1. The van der Waals surface area contributed by atoms with Crippen LogP contribution in [0.25, 0.3) is 0 Å². The number of carbonyl (C=O) groups is 1. The highest BCUT2D eigenvalue weighted by Gasteiger charge is 2.47. The van der Waals surface area contributed by atoms with Crippen LogP contribution in [0.5, 0.6) is 5.75 Å². The lowest BCUT2D eigenvalue weighted by Gasteiger charge is -2.48. The Kier molecular flexibility index (Phi) is 7.99. The van der Waals surface area contributed by atoms with Crippen molar-refractivity contribution in [1.29, 1.82) is 0 Å². The molecule has 4 heteroatoms. The minimum Gasteiger partial charge on any atom is -0.487 e. The first kappa shape index (κ1) is 25.8. The summed E-state index contributed by atoms with van der Waals surface area (Å²) < 4.78 is 6.72. The third-order valence-electron chi connectivity index (χ3n) is 8.20. The monoisotopic (exact) mass is 455 g/mol. The van der Waals surface area contributed by atoms with Crippen molar-refractivity contribution in [1.82, 2.24) is 0 Å². The number of benzene rings is 1. The minimum absolute atomic E-state index is 0.0473. The molecule has 1 amide bonds. The van der Waals surface area contributed by atoms with Gasteiger partial charge in [0.05, 0.1) is 0 Å². The van der Waals surface area contributed by atoms with Crippen molar-refractivity contribution in [2.24, 2.45) is 11.7 Å². The molecule has 3 rings (SSSR count). The lowest BCUT2D eigenvalue weighted by atomic mass is 9.64. The van der Waals surface area contributed by atoms with Gasteiger partial charge in [-0.05, 0) is 74.0 Å².